The number of rotatable bonds is 6. The van der Waals surface area contributed by atoms with Crippen LogP contribution in [0.1, 0.15) is 6.42 Å². The van der Waals surface area contributed by atoms with Crippen LogP contribution in [0.4, 0.5) is 5.69 Å². The molecule has 0 radical (unpaired) electrons. The molecule has 0 unspecified atom stereocenters. The molecule has 8 heteroatoms. The molecule has 1 heterocycles. The van der Waals surface area contributed by atoms with E-state index in [2.05, 4.69) is 15.0 Å². The first-order valence-corrected chi connectivity index (χ1v) is 7.78. The number of azide groups is 1. The number of hydrogen-bond acceptors (Lipinski definition) is 6. The molecule has 128 valence electrons. The molecule has 0 fully saturated rings. The zero-order valence-electron chi connectivity index (χ0n) is 14.0. The van der Waals surface area contributed by atoms with Crippen molar-refractivity contribution in [1.82, 2.24) is 4.98 Å². The zero-order valence-corrected chi connectivity index (χ0v) is 14.0. The van der Waals surface area contributed by atoms with Crippen LogP contribution >= 0.6 is 0 Å². The summed E-state index contributed by atoms with van der Waals surface area (Å²) >= 11 is 0. The van der Waals surface area contributed by atoms with Crippen LogP contribution in [0, 0.1) is 0 Å². The second-order valence-electron chi connectivity index (χ2n) is 5.68. The first kappa shape index (κ1) is 16.6. The molecule has 25 heavy (non-hydrogen) atoms. The Morgan fingerprint density at radius 2 is 2.16 bits per heavy atom. The number of benzene rings is 2. The minimum atomic E-state index is -0.216. The van der Waals surface area contributed by atoms with Crippen molar-refractivity contribution in [2.45, 2.75) is 6.42 Å². The molecular weight excluding hydrogens is 322 g/mol. The highest BCUT2D eigenvalue weighted by atomic mass is 16.5. The van der Waals surface area contributed by atoms with Crippen molar-refractivity contribution in [2.24, 2.45) is 5.11 Å². The number of aromatic nitrogens is 1. The molecule has 1 aliphatic heterocycles. The van der Waals surface area contributed by atoms with E-state index in [1.165, 1.54) is 12.1 Å². The largest absolute Gasteiger partial charge is 0.491 e. The van der Waals surface area contributed by atoms with Gasteiger partial charge in [-0.2, -0.15) is 0 Å². The molecule has 0 amide bonds. The van der Waals surface area contributed by atoms with Gasteiger partial charge in [0.15, 0.2) is 22.5 Å². The van der Waals surface area contributed by atoms with E-state index < -0.39 is 0 Å². The third kappa shape index (κ3) is 3.64. The first-order valence-electron chi connectivity index (χ1n) is 7.78. The average Bonchev–Trinajstić information content (AvgIpc) is 2.59. The van der Waals surface area contributed by atoms with Gasteiger partial charge in [-0.25, -0.2) is 4.98 Å². The van der Waals surface area contributed by atoms with E-state index in [4.69, 9.17) is 14.7 Å². The number of hydrogen-bond donors (Lipinski definition) is 0. The standard InChI is InChI=1S/C17H17N5O3/c1-22(2)11-4-5-13-14(8-11)25-16-10-12(23)9-15(17(16)20-13)24-7-3-6-19-21-18/h4-5,8-10H,3,6-7H2,1-2H3. The maximum Gasteiger partial charge on any atom is 0.186 e. The first-order chi connectivity index (χ1) is 12.1. The fourth-order valence-electron chi connectivity index (χ4n) is 2.41. The van der Waals surface area contributed by atoms with Crippen molar-refractivity contribution in [2.75, 3.05) is 32.1 Å². The molecule has 0 N–H and O–H groups in total. The van der Waals surface area contributed by atoms with Crippen LogP contribution in [0.25, 0.3) is 33.0 Å². The summed E-state index contributed by atoms with van der Waals surface area (Å²) in [6, 6.07) is 8.47. The monoisotopic (exact) mass is 339 g/mol. The van der Waals surface area contributed by atoms with Crippen molar-refractivity contribution in [3.8, 4) is 17.2 Å². The molecular formula is C17H17N5O3. The Labute approximate surface area is 143 Å². The van der Waals surface area contributed by atoms with Crippen molar-refractivity contribution < 1.29 is 9.15 Å². The fourth-order valence-corrected chi connectivity index (χ4v) is 2.41. The van der Waals surface area contributed by atoms with Gasteiger partial charge in [0, 0.05) is 49.4 Å². The van der Waals surface area contributed by atoms with Gasteiger partial charge in [-0.15, -0.1) is 0 Å². The minimum absolute atomic E-state index is 0.216. The maximum atomic E-state index is 11.9. The molecule has 0 atom stereocenters. The third-order valence-corrected chi connectivity index (χ3v) is 3.65. The van der Waals surface area contributed by atoms with Crippen LogP contribution < -0.4 is 15.1 Å². The molecule has 0 aromatic heterocycles. The fraction of sp³-hybridized carbons (Fsp3) is 0.294. The van der Waals surface area contributed by atoms with Gasteiger partial charge in [-0.05, 0) is 24.1 Å². The average molecular weight is 339 g/mol. The van der Waals surface area contributed by atoms with Gasteiger partial charge >= 0.3 is 0 Å². The van der Waals surface area contributed by atoms with Crippen molar-refractivity contribution in [1.29, 1.82) is 0 Å². The Bertz CT molecular complexity index is 976. The Balaban J connectivity index is 1.99. The van der Waals surface area contributed by atoms with E-state index in [0.29, 0.717) is 47.9 Å². The lowest BCUT2D eigenvalue weighted by atomic mass is 10.2. The predicted molar refractivity (Wildman–Crippen MR) is 95.4 cm³/mol. The third-order valence-electron chi connectivity index (χ3n) is 3.65. The number of anilines is 1. The van der Waals surface area contributed by atoms with Gasteiger partial charge in [0.2, 0.25) is 0 Å². The molecule has 0 spiro atoms. The predicted octanol–water partition coefficient (Wildman–Crippen LogP) is 3.44. The highest BCUT2D eigenvalue weighted by Gasteiger charge is 2.17. The smallest absolute Gasteiger partial charge is 0.186 e. The summed E-state index contributed by atoms with van der Waals surface area (Å²) in [5.41, 5.74) is 10.8. The quantitative estimate of drug-likeness (QED) is 0.225. The lowest BCUT2D eigenvalue weighted by Gasteiger charge is -2.15. The molecule has 0 saturated carbocycles. The minimum Gasteiger partial charge on any atom is -0.491 e. The Hall–Kier alpha value is -3.25. The number of nitrogens with zero attached hydrogens (tertiary/aromatic N) is 5. The van der Waals surface area contributed by atoms with Gasteiger partial charge in [0.25, 0.3) is 0 Å². The lowest BCUT2D eigenvalue weighted by Crippen LogP contribution is -2.09. The van der Waals surface area contributed by atoms with Crippen LogP contribution in [-0.4, -0.2) is 32.2 Å². The van der Waals surface area contributed by atoms with Crippen molar-refractivity contribution >= 4 is 16.8 Å². The summed E-state index contributed by atoms with van der Waals surface area (Å²) in [4.78, 5) is 21.1. The molecule has 1 aromatic rings. The summed E-state index contributed by atoms with van der Waals surface area (Å²) in [7, 11) is 3.88. The molecule has 0 bridgehead atoms. The molecule has 1 aliphatic carbocycles. The van der Waals surface area contributed by atoms with E-state index in [0.717, 1.165) is 5.69 Å². The van der Waals surface area contributed by atoms with E-state index in [9.17, 15) is 4.79 Å². The summed E-state index contributed by atoms with van der Waals surface area (Å²) in [5.74, 6) is 0.742. The Morgan fingerprint density at radius 1 is 1.32 bits per heavy atom. The van der Waals surface area contributed by atoms with Crippen LogP contribution in [0.2, 0.25) is 0 Å². The molecule has 2 aliphatic rings. The van der Waals surface area contributed by atoms with Crippen molar-refractivity contribution in [3.63, 3.8) is 0 Å². The second kappa shape index (κ2) is 7.11. The molecule has 8 nitrogen and oxygen atoms in total. The van der Waals surface area contributed by atoms with E-state index in [1.54, 1.807) is 0 Å². The molecule has 0 saturated heterocycles. The summed E-state index contributed by atoms with van der Waals surface area (Å²) in [6.07, 6.45) is 0.547. The number of ether oxygens (including phenoxy) is 1. The normalized spacial score (nSPS) is 10.6. The van der Waals surface area contributed by atoms with Gasteiger partial charge in [-0.1, -0.05) is 5.11 Å². The highest BCUT2D eigenvalue weighted by molar-refractivity contribution is 5.81. The lowest BCUT2D eigenvalue weighted by molar-refractivity contribution is 0.312. The summed E-state index contributed by atoms with van der Waals surface area (Å²) in [5, 5.41) is 3.45. The van der Waals surface area contributed by atoms with Gasteiger partial charge < -0.3 is 14.1 Å². The van der Waals surface area contributed by atoms with Crippen LogP contribution in [0.3, 0.4) is 0 Å². The van der Waals surface area contributed by atoms with Crippen LogP contribution in [-0.2, 0) is 0 Å². The van der Waals surface area contributed by atoms with Gasteiger partial charge in [0.05, 0.1) is 6.61 Å². The topological polar surface area (TPSA) is 104 Å². The van der Waals surface area contributed by atoms with Crippen molar-refractivity contribution in [3.05, 3.63) is 51.0 Å². The van der Waals surface area contributed by atoms with Gasteiger partial charge in [0.1, 0.15) is 11.2 Å². The summed E-state index contributed by atoms with van der Waals surface area (Å²) in [6.45, 7) is 0.649. The molecule has 1 aromatic carbocycles. The second-order valence-corrected chi connectivity index (χ2v) is 5.68. The number of fused-ring (bicyclic) bond motifs is 2. The highest BCUT2D eigenvalue weighted by Crippen LogP contribution is 2.32. The van der Waals surface area contributed by atoms with Gasteiger partial charge in [-0.3, -0.25) is 4.79 Å². The van der Waals surface area contributed by atoms with Crippen LogP contribution in [0.15, 0.2) is 44.7 Å². The Morgan fingerprint density at radius 3 is 2.92 bits per heavy atom. The summed E-state index contributed by atoms with van der Waals surface area (Å²) < 4.78 is 11.5. The Kier molecular flexibility index (Phi) is 4.72. The molecule has 3 rings (SSSR count). The zero-order chi connectivity index (χ0) is 17.8. The maximum absolute atomic E-state index is 11.9. The van der Waals surface area contributed by atoms with E-state index in [1.807, 2.05) is 37.2 Å². The SMILES string of the molecule is CN(C)c1ccc2nc3c(OCCCN=[N+]=[N-])cc(=O)cc-3oc2c1. The van der Waals surface area contributed by atoms with E-state index in [-0.39, 0.29) is 5.43 Å². The van der Waals surface area contributed by atoms with Crippen LogP contribution in [0.5, 0.6) is 5.75 Å². The van der Waals surface area contributed by atoms with E-state index >= 15 is 0 Å².